The Morgan fingerprint density at radius 1 is 0.738 bits per heavy atom. The van der Waals surface area contributed by atoms with Crippen LogP contribution in [0.4, 0.5) is 0 Å². The molecule has 0 aliphatic rings. The topological polar surface area (TPSA) is 91.3 Å². The highest BCUT2D eigenvalue weighted by molar-refractivity contribution is 5.72. The second kappa shape index (κ2) is 24.3. The Morgan fingerprint density at radius 3 is 1.83 bits per heavy atom. The molecule has 0 amide bonds. The van der Waals surface area contributed by atoms with Crippen LogP contribution in [0.3, 0.4) is 0 Å². The molecular formula is C35H60O7. The van der Waals surface area contributed by atoms with E-state index in [1.807, 2.05) is 24.3 Å². The van der Waals surface area contributed by atoms with Crippen LogP contribution in [0.25, 0.3) is 0 Å². The second-order valence-electron chi connectivity index (χ2n) is 11.8. The summed E-state index contributed by atoms with van der Waals surface area (Å²) in [4.78, 5) is 25.8. The third kappa shape index (κ3) is 17.1. The third-order valence-corrected chi connectivity index (χ3v) is 7.86. The molecule has 0 aliphatic heterocycles. The van der Waals surface area contributed by atoms with Gasteiger partial charge in [0.15, 0.2) is 0 Å². The SMILES string of the molecule is CCCCCCCC(=O)OCC(CO)(COCc1ccc(OC)cc1)COC(=O)C(CCCCCC)CCCCCC. The predicted octanol–water partition coefficient (Wildman–Crippen LogP) is 8.19. The molecule has 0 heterocycles. The Labute approximate surface area is 256 Å². The summed E-state index contributed by atoms with van der Waals surface area (Å²) in [5, 5.41) is 10.5. The lowest BCUT2D eigenvalue weighted by Crippen LogP contribution is -2.42. The van der Waals surface area contributed by atoms with Crippen molar-refractivity contribution in [2.75, 3.05) is 33.5 Å². The maximum atomic E-state index is 13.3. The number of ether oxygens (including phenoxy) is 4. The lowest BCUT2D eigenvalue weighted by molar-refractivity contribution is -0.164. The minimum atomic E-state index is -1.03. The summed E-state index contributed by atoms with van der Waals surface area (Å²) in [5.41, 5.74) is -0.0856. The van der Waals surface area contributed by atoms with Crippen LogP contribution in [-0.2, 0) is 30.4 Å². The Morgan fingerprint density at radius 2 is 1.29 bits per heavy atom. The van der Waals surface area contributed by atoms with Crippen molar-refractivity contribution in [3.63, 3.8) is 0 Å². The van der Waals surface area contributed by atoms with E-state index in [9.17, 15) is 14.7 Å². The molecule has 1 N–H and O–H groups in total. The van der Waals surface area contributed by atoms with Crippen molar-refractivity contribution in [2.24, 2.45) is 11.3 Å². The third-order valence-electron chi connectivity index (χ3n) is 7.86. The summed E-state index contributed by atoms with van der Waals surface area (Å²) in [5.74, 6) is 0.0886. The molecule has 1 atom stereocenters. The number of esters is 2. The van der Waals surface area contributed by atoms with Gasteiger partial charge in [-0.2, -0.15) is 0 Å². The number of carbonyl (C=O) groups is 2. The average molecular weight is 593 g/mol. The second-order valence-corrected chi connectivity index (χ2v) is 11.8. The van der Waals surface area contributed by atoms with Crippen LogP contribution in [0, 0.1) is 11.3 Å². The molecule has 0 spiro atoms. The van der Waals surface area contributed by atoms with Gasteiger partial charge in [0.2, 0.25) is 0 Å². The number of hydrogen-bond donors (Lipinski definition) is 1. The molecule has 0 saturated heterocycles. The first-order valence-corrected chi connectivity index (χ1v) is 16.6. The van der Waals surface area contributed by atoms with E-state index in [0.717, 1.165) is 94.8 Å². The number of hydrogen-bond acceptors (Lipinski definition) is 7. The molecule has 1 rings (SSSR count). The van der Waals surface area contributed by atoms with E-state index in [2.05, 4.69) is 20.8 Å². The molecule has 0 aromatic heterocycles. The van der Waals surface area contributed by atoms with Crippen molar-refractivity contribution in [3.05, 3.63) is 29.8 Å². The summed E-state index contributed by atoms with van der Waals surface area (Å²) >= 11 is 0. The molecule has 1 aromatic rings. The van der Waals surface area contributed by atoms with E-state index in [1.54, 1.807) is 7.11 Å². The number of rotatable bonds is 27. The zero-order valence-electron chi connectivity index (χ0n) is 27.1. The molecule has 7 nitrogen and oxygen atoms in total. The smallest absolute Gasteiger partial charge is 0.308 e. The minimum absolute atomic E-state index is 0.0604. The van der Waals surface area contributed by atoms with Crippen LogP contribution in [0.15, 0.2) is 24.3 Å². The highest BCUT2D eigenvalue weighted by Crippen LogP contribution is 2.25. The molecule has 42 heavy (non-hydrogen) atoms. The van der Waals surface area contributed by atoms with E-state index in [1.165, 1.54) is 12.8 Å². The minimum Gasteiger partial charge on any atom is -0.497 e. The molecule has 7 heteroatoms. The van der Waals surface area contributed by atoms with Gasteiger partial charge in [0.1, 0.15) is 19.0 Å². The van der Waals surface area contributed by atoms with Crippen molar-refractivity contribution in [3.8, 4) is 5.75 Å². The van der Waals surface area contributed by atoms with E-state index < -0.39 is 5.41 Å². The number of carbonyl (C=O) groups excluding carboxylic acids is 2. The Balaban J connectivity index is 2.84. The molecule has 0 saturated carbocycles. The van der Waals surface area contributed by atoms with Gasteiger partial charge in [-0.05, 0) is 37.0 Å². The highest BCUT2D eigenvalue weighted by atomic mass is 16.6. The molecule has 0 bridgehead atoms. The molecule has 242 valence electrons. The summed E-state index contributed by atoms with van der Waals surface area (Å²) in [7, 11) is 1.62. The van der Waals surface area contributed by atoms with E-state index >= 15 is 0 Å². The lowest BCUT2D eigenvalue weighted by atomic mass is 9.91. The number of aliphatic hydroxyl groups is 1. The monoisotopic (exact) mass is 592 g/mol. The maximum absolute atomic E-state index is 13.3. The van der Waals surface area contributed by atoms with Gasteiger partial charge in [0.05, 0.1) is 38.3 Å². The number of unbranched alkanes of at least 4 members (excludes halogenated alkanes) is 10. The summed E-state index contributed by atoms with van der Waals surface area (Å²) in [6, 6.07) is 7.56. The highest BCUT2D eigenvalue weighted by Gasteiger charge is 2.35. The van der Waals surface area contributed by atoms with Crippen molar-refractivity contribution in [2.45, 2.75) is 130 Å². The van der Waals surface area contributed by atoms with Crippen LogP contribution in [0.1, 0.15) is 129 Å². The standard InChI is InChI=1S/C35H60O7/c1-5-8-11-14-17-20-33(37)41-28-35(26-36,27-40-25-30-21-23-32(39-4)24-22-30)29-42-34(38)31(18-15-12-9-6-2)19-16-13-10-7-3/h21-24,31,36H,5-20,25-29H2,1-4H3. The van der Waals surface area contributed by atoms with Crippen molar-refractivity contribution in [1.29, 1.82) is 0 Å². The van der Waals surface area contributed by atoms with Gasteiger partial charge >= 0.3 is 11.9 Å². The molecule has 0 fully saturated rings. The Kier molecular flexibility index (Phi) is 22.0. The van der Waals surface area contributed by atoms with Gasteiger partial charge < -0.3 is 24.1 Å². The fourth-order valence-electron chi connectivity index (χ4n) is 4.90. The fourth-order valence-corrected chi connectivity index (χ4v) is 4.90. The molecule has 0 radical (unpaired) electrons. The van der Waals surface area contributed by atoms with Gasteiger partial charge in [-0.25, -0.2) is 0 Å². The van der Waals surface area contributed by atoms with Crippen molar-refractivity contribution < 1.29 is 33.6 Å². The number of methoxy groups -OCH3 is 1. The Hall–Kier alpha value is -2.12. The predicted molar refractivity (Wildman–Crippen MR) is 168 cm³/mol. The zero-order valence-corrected chi connectivity index (χ0v) is 27.1. The van der Waals surface area contributed by atoms with Gasteiger partial charge in [-0.15, -0.1) is 0 Å². The fraction of sp³-hybridized carbons (Fsp3) is 0.771. The van der Waals surface area contributed by atoms with Crippen LogP contribution < -0.4 is 4.74 Å². The average Bonchev–Trinajstić information content (AvgIpc) is 3.01. The summed E-state index contributed by atoms with van der Waals surface area (Å²) < 4.78 is 22.7. The molecular weight excluding hydrogens is 532 g/mol. The van der Waals surface area contributed by atoms with Crippen molar-refractivity contribution in [1.82, 2.24) is 0 Å². The first-order valence-electron chi connectivity index (χ1n) is 16.6. The van der Waals surface area contributed by atoms with Crippen molar-refractivity contribution >= 4 is 11.9 Å². The summed E-state index contributed by atoms with van der Waals surface area (Å²) in [6.45, 7) is 6.46. The summed E-state index contributed by atoms with van der Waals surface area (Å²) in [6.07, 6.45) is 16.1. The van der Waals surface area contributed by atoms with Gasteiger partial charge in [-0.3, -0.25) is 9.59 Å². The van der Waals surface area contributed by atoms with E-state index in [-0.39, 0.29) is 44.3 Å². The zero-order chi connectivity index (χ0) is 30.9. The van der Waals surface area contributed by atoms with Gasteiger partial charge in [0.25, 0.3) is 0 Å². The van der Waals surface area contributed by atoms with E-state index in [0.29, 0.717) is 13.0 Å². The quantitative estimate of drug-likeness (QED) is 0.0813. The van der Waals surface area contributed by atoms with Crippen LogP contribution in [0.5, 0.6) is 5.75 Å². The number of benzene rings is 1. The molecule has 1 unspecified atom stereocenters. The largest absolute Gasteiger partial charge is 0.497 e. The molecule has 0 aliphatic carbocycles. The van der Waals surface area contributed by atoms with Crippen LogP contribution in [0.2, 0.25) is 0 Å². The van der Waals surface area contributed by atoms with E-state index in [4.69, 9.17) is 18.9 Å². The first-order chi connectivity index (χ1) is 20.4. The Bertz CT molecular complexity index is 798. The molecule has 1 aromatic carbocycles. The lowest BCUT2D eigenvalue weighted by Gasteiger charge is -2.31. The number of aliphatic hydroxyl groups excluding tert-OH is 1. The normalized spacial score (nSPS) is 12.7. The van der Waals surface area contributed by atoms with Gasteiger partial charge in [-0.1, -0.05) is 110 Å². The first kappa shape index (κ1) is 37.9. The van der Waals surface area contributed by atoms with Crippen LogP contribution in [-0.4, -0.2) is 50.6 Å². The van der Waals surface area contributed by atoms with Crippen LogP contribution >= 0.6 is 0 Å². The maximum Gasteiger partial charge on any atom is 0.308 e. The van der Waals surface area contributed by atoms with Gasteiger partial charge in [0, 0.05) is 6.42 Å².